The third kappa shape index (κ3) is 1.24. The zero-order valence-corrected chi connectivity index (χ0v) is 10.5. The van der Waals surface area contributed by atoms with Gasteiger partial charge < -0.3 is 9.55 Å². The van der Waals surface area contributed by atoms with Crippen molar-refractivity contribution >= 4 is 32.8 Å². The molecule has 0 amide bonds. The fourth-order valence-corrected chi connectivity index (χ4v) is 2.82. The summed E-state index contributed by atoms with van der Waals surface area (Å²) in [5, 5.41) is 2.52. The highest BCUT2D eigenvalue weighted by atomic mass is 16.1. The van der Waals surface area contributed by atoms with Crippen LogP contribution in [0.1, 0.15) is 0 Å². The Morgan fingerprint density at radius 2 is 1.63 bits per heavy atom. The molecule has 4 rings (SSSR count). The van der Waals surface area contributed by atoms with Crippen molar-refractivity contribution in [1.82, 2.24) is 9.55 Å². The molecule has 0 radical (unpaired) electrons. The molecule has 0 aliphatic heterocycles. The van der Waals surface area contributed by atoms with Crippen LogP contribution >= 0.6 is 0 Å². The molecule has 3 nitrogen and oxygen atoms in total. The first-order valence-corrected chi connectivity index (χ1v) is 6.25. The van der Waals surface area contributed by atoms with Crippen LogP contribution in [0.2, 0.25) is 0 Å². The van der Waals surface area contributed by atoms with Crippen molar-refractivity contribution in [3.05, 3.63) is 58.8 Å². The number of aromatic nitrogens is 2. The molecule has 0 aliphatic rings. The number of rotatable bonds is 0. The smallest absolute Gasteiger partial charge is 0.199 e. The fourth-order valence-electron chi connectivity index (χ4n) is 2.82. The molecule has 0 bridgehead atoms. The second kappa shape index (κ2) is 3.48. The van der Waals surface area contributed by atoms with Crippen molar-refractivity contribution in [2.45, 2.75) is 0 Å². The second-order valence-corrected chi connectivity index (χ2v) is 4.80. The van der Waals surface area contributed by atoms with E-state index in [9.17, 15) is 4.79 Å². The normalized spacial score (nSPS) is 11.6. The summed E-state index contributed by atoms with van der Waals surface area (Å²) in [6.07, 6.45) is 0. The van der Waals surface area contributed by atoms with Crippen LogP contribution in [0.3, 0.4) is 0 Å². The maximum atomic E-state index is 12.7. The number of hydrogen-bond donors (Lipinski definition) is 1. The van der Waals surface area contributed by atoms with E-state index in [1.807, 2.05) is 60.1 Å². The highest BCUT2D eigenvalue weighted by molar-refractivity contribution is 6.09. The molecule has 92 valence electrons. The maximum absolute atomic E-state index is 12.7. The van der Waals surface area contributed by atoms with Gasteiger partial charge in [-0.3, -0.25) is 4.79 Å². The van der Waals surface area contributed by atoms with Crippen LogP contribution in [0.4, 0.5) is 0 Å². The number of nitrogens with one attached hydrogen (secondary N) is 1. The van der Waals surface area contributed by atoms with Gasteiger partial charge in [-0.15, -0.1) is 0 Å². The Kier molecular flexibility index (Phi) is 1.90. The minimum atomic E-state index is 0.0983. The standard InChI is InChI=1S/C16H12N2O/c1-18-13-9-5-3-7-11(13)14-15(19)10-6-2-4-8-12(10)17-16(14)18/h2-9H,1H3,(H,17,19). The Bertz CT molecular complexity index is 992. The van der Waals surface area contributed by atoms with Crippen molar-refractivity contribution in [1.29, 1.82) is 0 Å². The van der Waals surface area contributed by atoms with Crippen LogP contribution in [-0.4, -0.2) is 9.55 Å². The summed E-state index contributed by atoms with van der Waals surface area (Å²) in [6, 6.07) is 15.6. The predicted molar refractivity (Wildman–Crippen MR) is 78.6 cm³/mol. The summed E-state index contributed by atoms with van der Waals surface area (Å²) in [6.45, 7) is 0. The van der Waals surface area contributed by atoms with Gasteiger partial charge in [0.25, 0.3) is 0 Å². The molecule has 2 aromatic heterocycles. The molecule has 19 heavy (non-hydrogen) atoms. The zero-order chi connectivity index (χ0) is 13.0. The highest BCUT2D eigenvalue weighted by Gasteiger charge is 2.13. The Balaban J connectivity index is 2.42. The van der Waals surface area contributed by atoms with Gasteiger partial charge in [0.15, 0.2) is 5.43 Å². The van der Waals surface area contributed by atoms with Gasteiger partial charge in [-0.1, -0.05) is 30.3 Å². The van der Waals surface area contributed by atoms with E-state index in [1.54, 1.807) is 0 Å². The Morgan fingerprint density at radius 3 is 2.47 bits per heavy atom. The number of fused-ring (bicyclic) bond motifs is 4. The molecule has 0 unspecified atom stereocenters. The van der Waals surface area contributed by atoms with Crippen LogP contribution < -0.4 is 5.43 Å². The predicted octanol–water partition coefficient (Wildman–Crippen LogP) is 3.17. The number of H-pyrrole nitrogens is 1. The van der Waals surface area contributed by atoms with Crippen molar-refractivity contribution in [3.8, 4) is 0 Å². The number of aromatic amines is 1. The quantitative estimate of drug-likeness (QED) is 0.510. The molecule has 2 aromatic carbocycles. The summed E-state index contributed by atoms with van der Waals surface area (Å²) in [5.74, 6) is 0. The average molecular weight is 248 g/mol. The molecule has 0 saturated heterocycles. The zero-order valence-electron chi connectivity index (χ0n) is 10.5. The molecule has 3 heteroatoms. The minimum Gasteiger partial charge on any atom is -0.340 e. The SMILES string of the molecule is Cn1c2ccccc2c2c(=O)c3ccccc3[nH]c21. The number of para-hydroxylation sites is 2. The highest BCUT2D eigenvalue weighted by Crippen LogP contribution is 2.25. The molecular weight excluding hydrogens is 236 g/mol. The first kappa shape index (κ1) is 10.4. The van der Waals surface area contributed by atoms with Crippen LogP contribution in [0.25, 0.3) is 32.8 Å². The van der Waals surface area contributed by atoms with Crippen LogP contribution in [-0.2, 0) is 7.05 Å². The topological polar surface area (TPSA) is 37.8 Å². The van der Waals surface area contributed by atoms with E-state index in [0.29, 0.717) is 0 Å². The number of benzene rings is 2. The summed E-state index contributed by atoms with van der Waals surface area (Å²) in [4.78, 5) is 16.1. The van der Waals surface area contributed by atoms with Crippen molar-refractivity contribution < 1.29 is 0 Å². The first-order valence-electron chi connectivity index (χ1n) is 6.25. The van der Waals surface area contributed by atoms with E-state index in [0.717, 1.165) is 32.8 Å². The van der Waals surface area contributed by atoms with E-state index in [-0.39, 0.29) is 5.43 Å². The summed E-state index contributed by atoms with van der Waals surface area (Å²) >= 11 is 0. The number of pyridine rings is 1. The lowest BCUT2D eigenvalue weighted by Crippen LogP contribution is -2.04. The number of aryl methyl sites for hydroxylation is 1. The van der Waals surface area contributed by atoms with Gasteiger partial charge >= 0.3 is 0 Å². The van der Waals surface area contributed by atoms with Gasteiger partial charge in [0.1, 0.15) is 5.65 Å². The lowest BCUT2D eigenvalue weighted by molar-refractivity contribution is 0.994. The number of nitrogens with zero attached hydrogens (tertiary/aromatic N) is 1. The van der Waals surface area contributed by atoms with Crippen molar-refractivity contribution in [3.63, 3.8) is 0 Å². The largest absolute Gasteiger partial charge is 0.340 e. The van der Waals surface area contributed by atoms with E-state index >= 15 is 0 Å². The van der Waals surface area contributed by atoms with E-state index in [4.69, 9.17) is 0 Å². The second-order valence-electron chi connectivity index (χ2n) is 4.80. The first-order chi connectivity index (χ1) is 9.27. The average Bonchev–Trinajstić information content (AvgIpc) is 2.74. The van der Waals surface area contributed by atoms with Crippen molar-refractivity contribution in [2.24, 2.45) is 7.05 Å². The summed E-state index contributed by atoms with van der Waals surface area (Å²) in [5.41, 5.74) is 2.93. The monoisotopic (exact) mass is 248 g/mol. The summed E-state index contributed by atoms with van der Waals surface area (Å²) < 4.78 is 2.04. The van der Waals surface area contributed by atoms with Crippen LogP contribution in [0.15, 0.2) is 53.3 Å². The summed E-state index contributed by atoms with van der Waals surface area (Å²) in [7, 11) is 1.98. The van der Waals surface area contributed by atoms with Gasteiger partial charge in [-0.05, 0) is 18.2 Å². The van der Waals surface area contributed by atoms with E-state index < -0.39 is 0 Å². The third-order valence-electron chi connectivity index (χ3n) is 3.76. The van der Waals surface area contributed by atoms with Crippen LogP contribution in [0.5, 0.6) is 0 Å². The molecule has 1 N–H and O–H groups in total. The van der Waals surface area contributed by atoms with Gasteiger partial charge in [0.2, 0.25) is 0 Å². The van der Waals surface area contributed by atoms with Crippen molar-refractivity contribution in [2.75, 3.05) is 0 Å². The molecule has 0 atom stereocenters. The van der Waals surface area contributed by atoms with E-state index in [2.05, 4.69) is 4.98 Å². The molecule has 2 heterocycles. The lowest BCUT2D eigenvalue weighted by Gasteiger charge is -2.01. The molecule has 0 aliphatic carbocycles. The lowest BCUT2D eigenvalue weighted by atomic mass is 10.1. The Morgan fingerprint density at radius 1 is 0.947 bits per heavy atom. The van der Waals surface area contributed by atoms with Gasteiger partial charge in [-0.2, -0.15) is 0 Å². The van der Waals surface area contributed by atoms with E-state index in [1.165, 1.54) is 0 Å². The Labute approximate surface area is 109 Å². The third-order valence-corrected chi connectivity index (χ3v) is 3.76. The Hall–Kier alpha value is -2.55. The molecule has 0 fully saturated rings. The van der Waals surface area contributed by atoms with Gasteiger partial charge in [0, 0.05) is 17.8 Å². The number of hydrogen-bond acceptors (Lipinski definition) is 1. The molecular formula is C16H12N2O. The fraction of sp³-hybridized carbons (Fsp3) is 0.0625. The maximum Gasteiger partial charge on any atom is 0.199 e. The molecule has 0 saturated carbocycles. The van der Waals surface area contributed by atoms with Gasteiger partial charge in [0.05, 0.1) is 16.4 Å². The molecule has 0 spiro atoms. The van der Waals surface area contributed by atoms with Gasteiger partial charge in [-0.25, -0.2) is 0 Å². The minimum absolute atomic E-state index is 0.0983. The van der Waals surface area contributed by atoms with Crippen LogP contribution in [0, 0.1) is 0 Å². The molecule has 4 aromatic rings.